The molecule has 0 spiro atoms. The third-order valence-electron chi connectivity index (χ3n) is 3.74. The summed E-state index contributed by atoms with van der Waals surface area (Å²) in [5.74, 6) is -0.892. The summed E-state index contributed by atoms with van der Waals surface area (Å²) in [6.07, 6.45) is 3.98. The number of halogens is 1. The molecule has 0 saturated heterocycles. The molecule has 1 aliphatic carbocycles. The van der Waals surface area contributed by atoms with Gasteiger partial charge in [0, 0.05) is 11.1 Å². The van der Waals surface area contributed by atoms with E-state index in [4.69, 9.17) is 9.26 Å². The van der Waals surface area contributed by atoms with E-state index >= 15 is 0 Å². The monoisotopic (exact) mass is 371 g/mol. The summed E-state index contributed by atoms with van der Waals surface area (Å²) < 4.78 is 24.0. The number of imide groups is 1. The lowest BCUT2D eigenvalue weighted by Crippen LogP contribution is -2.32. The number of alkyl halides is 1. The SMILES string of the molecule is CC(C)OC(=O)NC(=O)c1cccc(-c2noc(C3C=CC=CC3F)n2)c1. The van der Waals surface area contributed by atoms with E-state index in [9.17, 15) is 14.0 Å². The number of carbonyl (C=O) groups is 2. The number of rotatable bonds is 4. The summed E-state index contributed by atoms with van der Waals surface area (Å²) in [4.78, 5) is 28.0. The Morgan fingerprint density at radius 2 is 2.04 bits per heavy atom. The third kappa shape index (κ3) is 4.46. The number of amides is 2. The zero-order valence-corrected chi connectivity index (χ0v) is 14.8. The highest BCUT2D eigenvalue weighted by molar-refractivity contribution is 6.03. The number of nitrogens with zero attached hydrogens (tertiary/aromatic N) is 2. The second kappa shape index (κ2) is 7.94. The minimum Gasteiger partial charge on any atom is -0.447 e. The van der Waals surface area contributed by atoms with Crippen molar-refractivity contribution >= 4 is 12.0 Å². The average Bonchev–Trinajstić information content (AvgIpc) is 3.11. The lowest BCUT2D eigenvalue weighted by atomic mass is 9.99. The summed E-state index contributed by atoms with van der Waals surface area (Å²) in [6, 6.07) is 6.35. The van der Waals surface area contributed by atoms with Gasteiger partial charge >= 0.3 is 6.09 Å². The second-order valence-electron chi connectivity index (χ2n) is 6.19. The maximum absolute atomic E-state index is 14.0. The third-order valence-corrected chi connectivity index (χ3v) is 3.74. The van der Waals surface area contributed by atoms with Gasteiger partial charge in [-0.2, -0.15) is 4.98 Å². The molecule has 2 amide bonds. The van der Waals surface area contributed by atoms with Crippen LogP contribution in [0.3, 0.4) is 0 Å². The Labute approximate surface area is 154 Å². The molecule has 0 aliphatic heterocycles. The zero-order valence-electron chi connectivity index (χ0n) is 14.8. The lowest BCUT2D eigenvalue weighted by Gasteiger charge is -2.12. The highest BCUT2D eigenvalue weighted by Crippen LogP contribution is 2.28. The van der Waals surface area contributed by atoms with Gasteiger partial charge in [0.1, 0.15) is 6.17 Å². The molecule has 0 saturated carbocycles. The molecule has 2 aromatic rings. The Morgan fingerprint density at radius 3 is 2.78 bits per heavy atom. The largest absolute Gasteiger partial charge is 0.447 e. The van der Waals surface area contributed by atoms with Crippen LogP contribution in [0.1, 0.15) is 36.0 Å². The molecule has 1 aliphatic rings. The van der Waals surface area contributed by atoms with Gasteiger partial charge in [-0.25, -0.2) is 9.18 Å². The fourth-order valence-corrected chi connectivity index (χ4v) is 2.49. The van der Waals surface area contributed by atoms with Gasteiger partial charge in [0.15, 0.2) is 0 Å². The average molecular weight is 371 g/mol. The number of alkyl carbamates (subject to hydrolysis) is 1. The molecule has 3 rings (SSSR count). The highest BCUT2D eigenvalue weighted by atomic mass is 19.1. The van der Waals surface area contributed by atoms with Crippen LogP contribution in [0.25, 0.3) is 11.4 Å². The number of carbonyl (C=O) groups excluding carboxylic acids is 2. The number of benzene rings is 1. The van der Waals surface area contributed by atoms with E-state index in [1.54, 1.807) is 44.2 Å². The van der Waals surface area contributed by atoms with Gasteiger partial charge in [-0.1, -0.05) is 35.5 Å². The molecule has 1 N–H and O–H groups in total. The molecule has 0 radical (unpaired) electrons. The first kappa shape index (κ1) is 18.5. The van der Waals surface area contributed by atoms with Crippen LogP contribution < -0.4 is 5.32 Å². The number of allylic oxidation sites excluding steroid dienone is 4. The molecule has 8 heteroatoms. The van der Waals surface area contributed by atoms with E-state index in [1.165, 1.54) is 18.2 Å². The van der Waals surface area contributed by atoms with Crippen LogP contribution in [0.2, 0.25) is 0 Å². The van der Waals surface area contributed by atoms with Gasteiger partial charge in [0.05, 0.1) is 12.0 Å². The van der Waals surface area contributed by atoms with Gasteiger partial charge in [-0.05, 0) is 32.1 Å². The van der Waals surface area contributed by atoms with Crippen LogP contribution in [0.15, 0.2) is 53.1 Å². The predicted molar refractivity (Wildman–Crippen MR) is 94.7 cm³/mol. The van der Waals surface area contributed by atoms with Crippen LogP contribution >= 0.6 is 0 Å². The number of aromatic nitrogens is 2. The Kier molecular flexibility index (Phi) is 5.44. The fourth-order valence-electron chi connectivity index (χ4n) is 2.49. The van der Waals surface area contributed by atoms with Crippen molar-refractivity contribution < 1.29 is 23.2 Å². The van der Waals surface area contributed by atoms with E-state index in [-0.39, 0.29) is 23.4 Å². The van der Waals surface area contributed by atoms with Crippen LogP contribution in [0.4, 0.5) is 9.18 Å². The number of hydrogen-bond donors (Lipinski definition) is 1. The van der Waals surface area contributed by atoms with Crippen LogP contribution in [-0.2, 0) is 4.74 Å². The standard InChI is InChI=1S/C19H18FN3O4/c1-11(2)26-19(25)22-17(24)13-7-5-6-12(10-13)16-21-18(27-23-16)14-8-3-4-9-15(14)20/h3-11,14-15H,1-2H3,(H,22,24,25). The fraction of sp³-hybridized carbons (Fsp3) is 0.263. The smallest absolute Gasteiger partial charge is 0.414 e. The van der Waals surface area contributed by atoms with Gasteiger partial charge in [0.2, 0.25) is 11.7 Å². The van der Waals surface area contributed by atoms with Crippen LogP contribution in [0, 0.1) is 0 Å². The van der Waals surface area contributed by atoms with Crippen LogP contribution in [0.5, 0.6) is 0 Å². The summed E-state index contributed by atoms with van der Waals surface area (Å²) >= 11 is 0. The number of hydrogen-bond acceptors (Lipinski definition) is 6. The van der Waals surface area contributed by atoms with Crippen molar-refractivity contribution in [2.75, 3.05) is 0 Å². The number of ether oxygens (including phenoxy) is 1. The highest BCUT2D eigenvalue weighted by Gasteiger charge is 2.26. The summed E-state index contributed by atoms with van der Waals surface area (Å²) in [5.41, 5.74) is 0.726. The first-order valence-corrected chi connectivity index (χ1v) is 8.39. The molecule has 0 bridgehead atoms. The topological polar surface area (TPSA) is 94.3 Å². The molecular formula is C19H18FN3O4. The van der Waals surface area contributed by atoms with E-state index < -0.39 is 24.1 Å². The maximum atomic E-state index is 14.0. The van der Waals surface area contributed by atoms with Crippen molar-refractivity contribution in [2.24, 2.45) is 0 Å². The summed E-state index contributed by atoms with van der Waals surface area (Å²) in [5, 5.41) is 6.00. The Hall–Kier alpha value is -3.29. The van der Waals surface area contributed by atoms with Gasteiger partial charge < -0.3 is 9.26 Å². The molecule has 7 nitrogen and oxygen atoms in total. The van der Waals surface area contributed by atoms with E-state index in [2.05, 4.69) is 15.5 Å². The zero-order chi connectivity index (χ0) is 19.4. The van der Waals surface area contributed by atoms with E-state index in [1.807, 2.05) is 0 Å². The number of nitrogens with one attached hydrogen (secondary N) is 1. The Balaban J connectivity index is 1.76. The Bertz CT molecular complexity index is 904. The van der Waals surface area contributed by atoms with E-state index in [0.29, 0.717) is 5.56 Å². The van der Waals surface area contributed by atoms with Gasteiger partial charge in [-0.15, -0.1) is 0 Å². The molecule has 1 aromatic carbocycles. The van der Waals surface area contributed by atoms with Crippen LogP contribution in [-0.4, -0.2) is 34.4 Å². The lowest BCUT2D eigenvalue weighted by molar-refractivity contribution is 0.0876. The normalized spacial score (nSPS) is 18.5. The molecular weight excluding hydrogens is 353 g/mol. The quantitative estimate of drug-likeness (QED) is 0.883. The Morgan fingerprint density at radius 1 is 1.26 bits per heavy atom. The van der Waals surface area contributed by atoms with Crippen molar-refractivity contribution in [2.45, 2.75) is 32.0 Å². The molecule has 1 aromatic heterocycles. The molecule has 27 heavy (non-hydrogen) atoms. The molecule has 0 fully saturated rings. The predicted octanol–water partition coefficient (Wildman–Crippen LogP) is 3.56. The van der Waals surface area contributed by atoms with E-state index in [0.717, 1.165) is 0 Å². The first-order chi connectivity index (χ1) is 12.9. The van der Waals surface area contributed by atoms with Crippen molar-refractivity contribution in [1.29, 1.82) is 0 Å². The van der Waals surface area contributed by atoms with Crippen molar-refractivity contribution in [1.82, 2.24) is 15.5 Å². The summed E-state index contributed by atoms with van der Waals surface area (Å²) in [7, 11) is 0. The maximum Gasteiger partial charge on any atom is 0.414 e. The summed E-state index contributed by atoms with van der Waals surface area (Å²) in [6.45, 7) is 3.36. The second-order valence-corrected chi connectivity index (χ2v) is 6.19. The van der Waals surface area contributed by atoms with Crippen molar-refractivity contribution in [3.63, 3.8) is 0 Å². The molecule has 2 unspecified atom stereocenters. The minimum absolute atomic E-state index is 0.147. The first-order valence-electron chi connectivity index (χ1n) is 8.39. The van der Waals surface area contributed by atoms with Gasteiger partial charge in [-0.3, -0.25) is 10.1 Å². The molecule has 2 atom stereocenters. The molecule has 140 valence electrons. The van der Waals surface area contributed by atoms with Gasteiger partial charge in [0.25, 0.3) is 5.91 Å². The van der Waals surface area contributed by atoms with Crippen molar-refractivity contribution in [3.8, 4) is 11.4 Å². The minimum atomic E-state index is -1.24. The van der Waals surface area contributed by atoms with Crippen molar-refractivity contribution in [3.05, 3.63) is 60.0 Å². The molecule has 1 heterocycles.